The van der Waals surface area contributed by atoms with Crippen LogP contribution in [0.5, 0.6) is 0 Å². The summed E-state index contributed by atoms with van der Waals surface area (Å²) in [6.07, 6.45) is 2.70. The molecule has 8 heteroatoms. The summed E-state index contributed by atoms with van der Waals surface area (Å²) in [5.74, 6) is 0. The predicted molar refractivity (Wildman–Crippen MR) is 112 cm³/mol. The average Bonchev–Trinajstić information content (AvgIpc) is 3.38. The number of morpholine rings is 1. The van der Waals surface area contributed by atoms with Gasteiger partial charge in [-0.15, -0.1) is 22.7 Å². The molecule has 27 heavy (non-hydrogen) atoms. The molecule has 0 atom stereocenters. The van der Waals surface area contributed by atoms with Crippen molar-refractivity contribution in [2.75, 3.05) is 37.7 Å². The number of hydrogen-bond acceptors (Lipinski definition) is 7. The molecule has 0 saturated carbocycles. The standard InChI is InChI=1S/C19H23N5OS2/c20-6-1-8-24-17(14-27-19(24)22-18-21-7-13-26-18)15-2-4-16(5-3-15)23-9-11-25-12-10-23/h2-5,7,13-14H,1,6,8-12,20H2/b22-19+. The van der Waals surface area contributed by atoms with Crippen molar-refractivity contribution in [3.63, 3.8) is 0 Å². The highest BCUT2D eigenvalue weighted by molar-refractivity contribution is 7.13. The molecule has 1 fully saturated rings. The zero-order chi connectivity index (χ0) is 18.5. The first-order valence-corrected chi connectivity index (χ1v) is 10.9. The molecule has 3 aromatic rings. The fourth-order valence-corrected chi connectivity index (χ4v) is 4.63. The number of benzene rings is 1. The van der Waals surface area contributed by atoms with Gasteiger partial charge in [-0.3, -0.25) is 0 Å². The van der Waals surface area contributed by atoms with Crippen molar-refractivity contribution in [3.05, 3.63) is 46.0 Å². The number of anilines is 1. The first kappa shape index (κ1) is 18.4. The lowest BCUT2D eigenvalue weighted by Gasteiger charge is -2.28. The van der Waals surface area contributed by atoms with E-state index in [4.69, 9.17) is 15.5 Å². The Morgan fingerprint density at radius 1 is 1.15 bits per heavy atom. The van der Waals surface area contributed by atoms with Crippen LogP contribution in [0.25, 0.3) is 11.3 Å². The zero-order valence-corrected chi connectivity index (χ0v) is 16.7. The van der Waals surface area contributed by atoms with Gasteiger partial charge in [-0.1, -0.05) is 12.1 Å². The van der Waals surface area contributed by atoms with Crippen molar-refractivity contribution < 1.29 is 4.74 Å². The van der Waals surface area contributed by atoms with E-state index in [1.165, 1.54) is 16.9 Å². The molecule has 0 unspecified atom stereocenters. The van der Waals surface area contributed by atoms with Crippen LogP contribution in [0.15, 0.2) is 46.2 Å². The summed E-state index contributed by atoms with van der Waals surface area (Å²) in [6.45, 7) is 5.01. The van der Waals surface area contributed by atoms with Crippen molar-refractivity contribution in [2.24, 2.45) is 10.7 Å². The Morgan fingerprint density at radius 3 is 2.67 bits per heavy atom. The molecule has 0 spiro atoms. The Labute approximate surface area is 166 Å². The number of aromatic nitrogens is 2. The summed E-state index contributed by atoms with van der Waals surface area (Å²) >= 11 is 3.20. The Hall–Kier alpha value is -2.00. The van der Waals surface area contributed by atoms with Crippen molar-refractivity contribution in [3.8, 4) is 11.3 Å². The molecule has 1 aliphatic heterocycles. The molecule has 1 saturated heterocycles. The van der Waals surface area contributed by atoms with Crippen molar-refractivity contribution >= 4 is 33.5 Å². The SMILES string of the molecule is NCCCn1c(-c2ccc(N3CCOCC3)cc2)cs/c1=N/c1nccs1. The van der Waals surface area contributed by atoms with E-state index in [1.54, 1.807) is 28.9 Å². The molecule has 4 rings (SSSR count). The van der Waals surface area contributed by atoms with E-state index in [2.05, 4.69) is 44.1 Å². The second kappa shape index (κ2) is 8.79. The highest BCUT2D eigenvalue weighted by atomic mass is 32.1. The van der Waals surface area contributed by atoms with Gasteiger partial charge in [0.15, 0.2) is 4.80 Å². The van der Waals surface area contributed by atoms with Crippen LogP contribution in [-0.2, 0) is 11.3 Å². The Balaban J connectivity index is 1.65. The molecule has 2 aromatic heterocycles. The minimum absolute atomic E-state index is 0.662. The summed E-state index contributed by atoms with van der Waals surface area (Å²) in [7, 11) is 0. The fraction of sp³-hybridized carbons (Fsp3) is 0.368. The number of thiazole rings is 2. The Kier molecular flexibility index (Phi) is 5.98. The van der Waals surface area contributed by atoms with Crippen molar-refractivity contribution in [1.29, 1.82) is 0 Å². The first-order valence-electron chi connectivity index (χ1n) is 9.11. The van der Waals surface area contributed by atoms with Gasteiger partial charge in [0.05, 0.1) is 18.9 Å². The summed E-state index contributed by atoms with van der Waals surface area (Å²) in [4.78, 5) is 12.3. The minimum atomic E-state index is 0.662. The lowest BCUT2D eigenvalue weighted by molar-refractivity contribution is 0.122. The van der Waals surface area contributed by atoms with Crippen molar-refractivity contribution in [1.82, 2.24) is 9.55 Å². The normalized spacial score (nSPS) is 15.4. The maximum Gasteiger partial charge on any atom is 0.211 e. The van der Waals surface area contributed by atoms with E-state index in [1.807, 2.05) is 5.38 Å². The highest BCUT2D eigenvalue weighted by Gasteiger charge is 2.13. The van der Waals surface area contributed by atoms with Crippen LogP contribution in [0.2, 0.25) is 0 Å². The van der Waals surface area contributed by atoms with Gasteiger partial charge in [0.2, 0.25) is 5.13 Å². The fourth-order valence-electron chi connectivity index (χ4n) is 3.13. The van der Waals surface area contributed by atoms with Gasteiger partial charge in [-0.05, 0) is 30.7 Å². The molecule has 6 nitrogen and oxygen atoms in total. The van der Waals surface area contributed by atoms with Gasteiger partial charge in [0.25, 0.3) is 0 Å². The average molecular weight is 402 g/mol. The first-order chi connectivity index (χ1) is 13.3. The molecule has 0 bridgehead atoms. The molecule has 0 aliphatic carbocycles. The molecule has 0 amide bonds. The summed E-state index contributed by atoms with van der Waals surface area (Å²) < 4.78 is 7.70. The predicted octanol–water partition coefficient (Wildman–Crippen LogP) is 3.09. The van der Waals surface area contributed by atoms with E-state index in [9.17, 15) is 0 Å². The van der Waals surface area contributed by atoms with E-state index >= 15 is 0 Å². The minimum Gasteiger partial charge on any atom is -0.378 e. The molecule has 3 heterocycles. The third kappa shape index (κ3) is 4.30. The maximum absolute atomic E-state index is 5.76. The monoisotopic (exact) mass is 401 g/mol. The van der Waals surface area contributed by atoms with Crippen LogP contribution in [0.1, 0.15) is 6.42 Å². The summed E-state index contributed by atoms with van der Waals surface area (Å²) in [5.41, 5.74) is 9.38. The second-order valence-electron chi connectivity index (χ2n) is 6.27. The van der Waals surface area contributed by atoms with Gasteiger partial charge in [-0.25, -0.2) is 4.98 Å². The third-order valence-electron chi connectivity index (χ3n) is 4.53. The smallest absolute Gasteiger partial charge is 0.211 e. The molecule has 1 aliphatic rings. The van der Waals surface area contributed by atoms with Crippen LogP contribution >= 0.6 is 22.7 Å². The van der Waals surface area contributed by atoms with Crippen LogP contribution in [0.3, 0.4) is 0 Å². The quantitative estimate of drug-likeness (QED) is 0.689. The number of ether oxygens (including phenoxy) is 1. The maximum atomic E-state index is 5.76. The van der Waals surface area contributed by atoms with Crippen LogP contribution in [-0.4, -0.2) is 42.4 Å². The summed E-state index contributed by atoms with van der Waals surface area (Å²) in [6, 6.07) is 8.78. The molecular weight excluding hydrogens is 378 g/mol. The van der Waals surface area contributed by atoms with Gasteiger partial charge in [0, 0.05) is 42.3 Å². The molecule has 142 valence electrons. The Bertz CT molecular complexity index is 908. The lowest BCUT2D eigenvalue weighted by Crippen LogP contribution is -2.36. The van der Waals surface area contributed by atoms with Gasteiger partial charge < -0.3 is 19.9 Å². The number of nitrogens with zero attached hydrogens (tertiary/aromatic N) is 4. The second-order valence-corrected chi connectivity index (χ2v) is 7.98. The van der Waals surface area contributed by atoms with Crippen LogP contribution in [0, 0.1) is 0 Å². The Morgan fingerprint density at radius 2 is 1.96 bits per heavy atom. The van der Waals surface area contributed by atoms with Crippen molar-refractivity contribution in [2.45, 2.75) is 13.0 Å². The number of rotatable bonds is 6. The zero-order valence-electron chi connectivity index (χ0n) is 15.1. The van der Waals surface area contributed by atoms with E-state index in [-0.39, 0.29) is 0 Å². The third-order valence-corrected chi connectivity index (χ3v) is 6.06. The molecule has 1 aromatic carbocycles. The molecular formula is C19H23N5OS2. The number of hydrogen-bond donors (Lipinski definition) is 1. The largest absolute Gasteiger partial charge is 0.378 e. The van der Waals surface area contributed by atoms with E-state index in [0.29, 0.717) is 6.54 Å². The summed E-state index contributed by atoms with van der Waals surface area (Å²) in [5, 5.41) is 4.90. The van der Waals surface area contributed by atoms with Crippen LogP contribution in [0.4, 0.5) is 10.8 Å². The topological polar surface area (TPSA) is 68.7 Å². The lowest BCUT2D eigenvalue weighted by atomic mass is 10.1. The molecule has 0 radical (unpaired) electrons. The van der Waals surface area contributed by atoms with Gasteiger partial charge >= 0.3 is 0 Å². The van der Waals surface area contributed by atoms with Gasteiger partial charge in [-0.2, -0.15) is 4.99 Å². The highest BCUT2D eigenvalue weighted by Crippen LogP contribution is 2.25. The number of nitrogens with two attached hydrogens (primary N) is 1. The van der Waals surface area contributed by atoms with Crippen LogP contribution < -0.4 is 15.4 Å². The van der Waals surface area contributed by atoms with Gasteiger partial charge in [0.1, 0.15) is 0 Å². The van der Waals surface area contributed by atoms with E-state index < -0.39 is 0 Å². The molecule has 2 N–H and O–H groups in total. The van der Waals surface area contributed by atoms with E-state index in [0.717, 1.165) is 49.2 Å².